The van der Waals surface area contributed by atoms with E-state index in [0.717, 1.165) is 25.3 Å². The Kier molecular flexibility index (Phi) is 4.38. The average molecular weight is 414 g/mol. The van der Waals surface area contributed by atoms with E-state index in [0.29, 0.717) is 6.61 Å². The van der Waals surface area contributed by atoms with Crippen LogP contribution in [-0.2, 0) is 11.2 Å². The first kappa shape index (κ1) is 18.1. The van der Waals surface area contributed by atoms with Gasteiger partial charge in [0.25, 0.3) is 0 Å². The maximum atomic E-state index is 6.20. The first-order valence-electron chi connectivity index (χ1n) is 10.5. The fourth-order valence-corrected chi connectivity index (χ4v) is 5.51. The van der Waals surface area contributed by atoms with Crippen molar-refractivity contribution in [2.24, 2.45) is 0 Å². The molecule has 1 N–H and O–H groups in total. The van der Waals surface area contributed by atoms with E-state index in [9.17, 15) is 0 Å². The highest BCUT2D eigenvalue weighted by molar-refractivity contribution is 7.17. The maximum absolute atomic E-state index is 6.20. The molecule has 4 heteroatoms. The summed E-state index contributed by atoms with van der Waals surface area (Å²) in [4.78, 5) is 0. The Morgan fingerprint density at radius 3 is 2.67 bits per heavy atom. The van der Waals surface area contributed by atoms with Crippen molar-refractivity contribution in [2.75, 3.05) is 19.8 Å². The fraction of sp³-hybridized carbons (Fsp3) is 0.231. The number of thiophene rings is 1. The van der Waals surface area contributed by atoms with Crippen molar-refractivity contribution < 1.29 is 9.47 Å². The summed E-state index contributed by atoms with van der Waals surface area (Å²) in [7, 11) is 0. The third kappa shape index (κ3) is 3.12. The Hall–Kier alpha value is -2.66. The molecule has 3 heterocycles. The minimum atomic E-state index is -0.265. The van der Waals surface area contributed by atoms with Crippen molar-refractivity contribution in [3.8, 4) is 16.9 Å². The van der Waals surface area contributed by atoms with Gasteiger partial charge in [-0.05, 0) is 53.2 Å². The van der Waals surface area contributed by atoms with Crippen LogP contribution >= 0.6 is 11.3 Å². The zero-order chi connectivity index (χ0) is 20.0. The summed E-state index contributed by atoms with van der Waals surface area (Å²) >= 11 is 1.79. The summed E-state index contributed by atoms with van der Waals surface area (Å²) < 4.78 is 13.5. The lowest BCUT2D eigenvalue weighted by atomic mass is 9.86. The van der Waals surface area contributed by atoms with Crippen LogP contribution in [0, 0.1) is 0 Å². The molecule has 0 amide bonds. The topological polar surface area (TPSA) is 33.8 Å². The quantitative estimate of drug-likeness (QED) is 0.432. The second-order valence-corrected chi connectivity index (χ2v) is 9.06. The molecule has 2 aliphatic heterocycles. The van der Waals surface area contributed by atoms with Crippen LogP contribution in [0.3, 0.4) is 0 Å². The van der Waals surface area contributed by atoms with Gasteiger partial charge >= 0.3 is 0 Å². The highest BCUT2D eigenvalue weighted by Gasteiger charge is 2.54. The summed E-state index contributed by atoms with van der Waals surface area (Å²) in [5, 5.41) is 7.20. The molecule has 0 aliphatic carbocycles. The standard InChI is InChI=1S/C26H23NO2S/c1-2-6-21-18(5-1)13-14-27-25(21)26(17-29-26)16-28-20-11-9-19(10-12-20)23-15-30-24-8-4-3-7-22(23)24/h1-12,15,25,27H,13-14,16-17H2. The van der Waals surface area contributed by atoms with E-state index in [1.165, 1.54) is 32.3 Å². The van der Waals surface area contributed by atoms with Crippen LogP contribution < -0.4 is 10.1 Å². The predicted octanol–water partition coefficient (Wildman–Crippen LogP) is 5.60. The van der Waals surface area contributed by atoms with Gasteiger partial charge in [-0.3, -0.25) is 0 Å². The molecule has 6 rings (SSSR count). The molecule has 2 aliphatic rings. The van der Waals surface area contributed by atoms with E-state index < -0.39 is 0 Å². The number of hydrogen-bond donors (Lipinski definition) is 1. The minimum absolute atomic E-state index is 0.193. The van der Waals surface area contributed by atoms with Crippen molar-refractivity contribution in [1.29, 1.82) is 0 Å². The number of rotatable bonds is 5. The number of benzene rings is 3. The maximum Gasteiger partial charge on any atom is 0.145 e. The van der Waals surface area contributed by atoms with Gasteiger partial charge in [-0.1, -0.05) is 54.6 Å². The molecule has 30 heavy (non-hydrogen) atoms. The molecule has 0 saturated carbocycles. The Bertz CT molecular complexity index is 1190. The number of hydrogen-bond acceptors (Lipinski definition) is 4. The normalized spacial score (nSPS) is 22.6. The molecular formula is C26H23NO2S. The molecule has 0 radical (unpaired) electrons. The molecule has 3 aromatic carbocycles. The lowest BCUT2D eigenvalue weighted by molar-refractivity contribution is 0.147. The van der Waals surface area contributed by atoms with E-state index in [-0.39, 0.29) is 11.6 Å². The van der Waals surface area contributed by atoms with E-state index >= 15 is 0 Å². The Labute approximate surface area is 180 Å². The molecule has 3 nitrogen and oxygen atoms in total. The molecule has 4 aromatic rings. The van der Waals surface area contributed by atoms with Gasteiger partial charge in [0.1, 0.15) is 18.0 Å². The van der Waals surface area contributed by atoms with Crippen molar-refractivity contribution in [3.63, 3.8) is 0 Å². The number of epoxide rings is 1. The van der Waals surface area contributed by atoms with Gasteiger partial charge in [-0.2, -0.15) is 0 Å². The monoisotopic (exact) mass is 413 g/mol. The van der Waals surface area contributed by atoms with Crippen LogP contribution in [0.25, 0.3) is 21.2 Å². The second kappa shape index (κ2) is 7.24. The Morgan fingerprint density at radius 1 is 1.00 bits per heavy atom. The van der Waals surface area contributed by atoms with Crippen LogP contribution in [0.15, 0.2) is 78.2 Å². The van der Waals surface area contributed by atoms with E-state index in [2.05, 4.69) is 83.5 Å². The zero-order valence-electron chi connectivity index (χ0n) is 16.6. The molecule has 2 atom stereocenters. The Balaban J connectivity index is 1.19. The third-order valence-electron chi connectivity index (χ3n) is 6.28. The first-order valence-corrected chi connectivity index (χ1v) is 11.4. The van der Waals surface area contributed by atoms with Crippen LogP contribution in [0.1, 0.15) is 17.2 Å². The van der Waals surface area contributed by atoms with Crippen molar-refractivity contribution >= 4 is 21.4 Å². The van der Waals surface area contributed by atoms with Crippen molar-refractivity contribution in [2.45, 2.75) is 18.1 Å². The molecule has 1 aromatic heterocycles. The molecule has 150 valence electrons. The highest BCUT2D eigenvalue weighted by atomic mass is 32.1. The first-order chi connectivity index (χ1) is 14.8. The van der Waals surface area contributed by atoms with Crippen molar-refractivity contribution in [1.82, 2.24) is 5.32 Å². The van der Waals surface area contributed by atoms with Gasteiger partial charge in [-0.25, -0.2) is 0 Å². The third-order valence-corrected chi connectivity index (χ3v) is 7.24. The summed E-state index contributed by atoms with van der Waals surface area (Å²) in [6.07, 6.45) is 1.07. The van der Waals surface area contributed by atoms with Gasteiger partial charge < -0.3 is 14.8 Å². The number of fused-ring (bicyclic) bond motifs is 2. The summed E-state index contributed by atoms with van der Waals surface area (Å²) in [5.41, 5.74) is 5.01. The van der Waals surface area contributed by atoms with E-state index in [1.54, 1.807) is 11.3 Å². The Morgan fingerprint density at radius 2 is 1.80 bits per heavy atom. The van der Waals surface area contributed by atoms with E-state index in [1.807, 2.05) is 0 Å². The van der Waals surface area contributed by atoms with Gasteiger partial charge in [0.15, 0.2) is 0 Å². The number of nitrogens with one attached hydrogen (secondary N) is 1. The van der Waals surface area contributed by atoms with Crippen LogP contribution in [0.4, 0.5) is 0 Å². The smallest absolute Gasteiger partial charge is 0.145 e. The minimum Gasteiger partial charge on any atom is -0.490 e. The largest absolute Gasteiger partial charge is 0.490 e. The van der Waals surface area contributed by atoms with Crippen LogP contribution in [0.5, 0.6) is 5.75 Å². The highest BCUT2D eigenvalue weighted by Crippen LogP contribution is 2.43. The molecular weight excluding hydrogens is 390 g/mol. The van der Waals surface area contributed by atoms with Gasteiger partial charge in [0.2, 0.25) is 0 Å². The molecule has 0 spiro atoms. The molecule has 2 unspecified atom stereocenters. The van der Waals surface area contributed by atoms with Crippen molar-refractivity contribution in [3.05, 3.63) is 89.3 Å². The lowest BCUT2D eigenvalue weighted by Gasteiger charge is -2.31. The molecule has 0 bridgehead atoms. The summed E-state index contributed by atoms with van der Waals surface area (Å²) in [6, 6.07) is 25.9. The SMILES string of the molecule is c1ccc2c(c1)CCNC2C1(COc2ccc(-c3csc4ccccc34)cc2)CO1. The van der Waals surface area contributed by atoms with Crippen LogP contribution in [0.2, 0.25) is 0 Å². The summed E-state index contributed by atoms with van der Waals surface area (Å²) in [6.45, 7) is 2.27. The van der Waals surface area contributed by atoms with Crippen LogP contribution in [-0.4, -0.2) is 25.4 Å². The molecule has 1 saturated heterocycles. The predicted molar refractivity (Wildman–Crippen MR) is 122 cm³/mol. The average Bonchev–Trinajstić information content (AvgIpc) is 3.48. The number of ether oxygens (including phenoxy) is 2. The van der Waals surface area contributed by atoms with Gasteiger partial charge in [-0.15, -0.1) is 11.3 Å². The van der Waals surface area contributed by atoms with Gasteiger partial charge in [0.05, 0.1) is 12.6 Å². The zero-order valence-corrected chi connectivity index (χ0v) is 17.5. The van der Waals surface area contributed by atoms with Gasteiger partial charge in [0, 0.05) is 15.6 Å². The van der Waals surface area contributed by atoms with E-state index in [4.69, 9.17) is 9.47 Å². The lowest BCUT2D eigenvalue weighted by Crippen LogP contribution is -2.42. The summed E-state index contributed by atoms with van der Waals surface area (Å²) in [5.74, 6) is 0.886. The second-order valence-electron chi connectivity index (χ2n) is 8.15. The molecule has 1 fully saturated rings. The fourth-order valence-electron chi connectivity index (χ4n) is 4.54.